The van der Waals surface area contributed by atoms with Gasteiger partial charge < -0.3 is 5.11 Å². The predicted molar refractivity (Wildman–Crippen MR) is 54.3 cm³/mol. The van der Waals surface area contributed by atoms with Gasteiger partial charge in [-0.2, -0.15) is 5.10 Å². The quantitative estimate of drug-likeness (QED) is 0.775. The molecule has 1 aliphatic rings. The molecule has 1 fully saturated rings. The molecule has 0 radical (unpaired) electrons. The zero-order valence-electron chi connectivity index (χ0n) is 8.97. The Kier molecular flexibility index (Phi) is 2.48. The summed E-state index contributed by atoms with van der Waals surface area (Å²) in [4.78, 5) is 12.7. The largest absolute Gasteiger partial charge is 0.481 e. The monoisotopic (exact) mass is 209 g/mol. The lowest BCUT2D eigenvalue weighted by Gasteiger charge is -2.36. The molecule has 0 spiro atoms. The van der Waals surface area contributed by atoms with Crippen LogP contribution in [0.15, 0.2) is 6.20 Å². The molecular weight excluding hydrogens is 194 g/mol. The maximum absolute atomic E-state index is 10.6. The van der Waals surface area contributed by atoms with Gasteiger partial charge in [-0.25, -0.2) is 0 Å². The Balaban J connectivity index is 1.93. The van der Waals surface area contributed by atoms with Gasteiger partial charge in [0.25, 0.3) is 0 Å². The van der Waals surface area contributed by atoms with Gasteiger partial charge in [0.05, 0.1) is 17.8 Å². The van der Waals surface area contributed by atoms with E-state index in [1.165, 1.54) is 5.69 Å². The molecule has 5 heteroatoms. The van der Waals surface area contributed by atoms with E-state index in [0.29, 0.717) is 13.1 Å². The number of nitrogens with zero attached hydrogens (tertiary/aromatic N) is 3. The summed E-state index contributed by atoms with van der Waals surface area (Å²) in [7, 11) is 1.91. The first kappa shape index (κ1) is 10.2. The van der Waals surface area contributed by atoms with Crippen molar-refractivity contribution in [1.29, 1.82) is 0 Å². The van der Waals surface area contributed by atoms with Crippen molar-refractivity contribution in [3.8, 4) is 0 Å². The average molecular weight is 209 g/mol. The van der Waals surface area contributed by atoms with E-state index >= 15 is 0 Å². The Morgan fingerprint density at radius 3 is 2.80 bits per heavy atom. The van der Waals surface area contributed by atoms with Crippen LogP contribution < -0.4 is 0 Å². The molecule has 0 unspecified atom stereocenters. The van der Waals surface area contributed by atoms with Crippen LogP contribution in [0.1, 0.15) is 11.3 Å². The number of aromatic nitrogens is 2. The lowest BCUT2D eigenvalue weighted by molar-refractivity contribution is -0.147. The minimum atomic E-state index is -0.687. The van der Waals surface area contributed by atoms with Crippen molar-refractivity contribution in [2.75, 3.05) is 13.1 Å². The summed E-state index contributed by atoms with van der Waals surface area (Å²) in [6.45, 7) is 4.13. The Labute approximate surface area is 88.3 Å². The van der Waals surface area contributed by atoms with Gasteiger partial charge in [-0.15, -0.1) is 0 Å². The van der Waals surface area contributed by atoms with E-state index in [2.05, 4.69) is 10.00 Å². The number of aliphatic carboxylic acids is 1. The number of hydrogen-bond donors (Lipinski definition) is 1. The molecule has 1 saturated heterocycles. The Bertz CT molecular complexity index is 361. The Hall–Kier alpha value is -1.36. The molecule has 0 saturated carbocycles. The molecule has 82 valence electrons. The SMILES string of the molecule is Cc1cnn(C)c1CN1CC(C(=O)O)C1. The first-order valence-electron chi connectivity index (χ1n) is 5.00. The topological polar surface area (TPSA) is 58.4 Å². The van der Waals surface area contributed by atoms with Crippen LogP contribution in [0.2, 0.25) is 0 Å². The molecule has 0 atom stereocenters. The molecule has 15 heavy (non-hydrogen) atoms. The number of aryl methyl sites for hydroxylation is 2. The number of carboxylic acid groups (broad SMARTS) is 1. The molecule has 2 heterocycles. The van der Waals surface area contributed by atoms with Crippen LogP contribution in [-0.4, -0.2) is 38.8 Å². The van der Waals surface area contributed by atoms with E-state index in [1.807, 2.05) is 24.9 Å². The normalized spacial score (nSPS) is 17.7. The third kappa shape index (κ3) is 1.87. The van der Waals surface area contributed by atoms with Gasteiger partial charge in [-0.1, -0.05) is 0 Å². The third-order valence-electron chi connectivity index (χ3n) is 2.95. The van der Waals surface area contributed by atoms with E-state index in [4.69, 9.17) is 5.11 Å². The zero-order chi connectivity index (χ0) is 11.0. The van der Waals surface area contributed by atoms with E-state index in [9.17, 15) is 4.79 Å². The maximum atomic E-state index is 10.6. The van der Waals surface area contributed by atoms with Crippen molar-refractivity contribution in [3.63, 3.8) is 0 Å². The van der Waals surface area contributed by atoms with Crippen LogP contribution in [0.25, 0.3) is 0 Å². The summed E-state index contributed by atoms with van der Waals surface area (Å²) in [5.74, 6) is -0.869. The third-order valence-corrected chi connectivity index (χ3v) is 2.95. The average Bonchev–Trinajstić information content (AvgIpc) is 2.39. The molecule has 5 nitrogen and oxygen atoms in total. The molecule has 0 bridgehead atoms. The van der Waals surface area contributed by atoms with E-state index < -0.39 is 5.97 Å². The van der Waals surface area contributed by atoms with Gasteiger partial charge in [0, 0.05) is 26.7 Å². The van der Waals surface area contributed by atoms with Crippen LogP contribution in [0.3, 0.4) is 0 Å². The van der Waals surface area contributed by atoms with Crippen molar-refractivity contribution >= 4 is 5.97 Å². The van der Waals surface area contributed by atoms with Crippen LogP contribution in [0, 0.1) is 12.8 Å². The number of carboxylic acids is 1. The van der Waals surface area contributed by atoms with Crippen molar-refractivity contribution in [3.05, 3.63) is 17.5 Å². The summed E-state index contributed by atoms with van der Waals surface area (Å²) < 4.78 is 1.85. The Morgan fingerprint density at radius 1 is 1.67 bits per heavy atom. The van der Waals surface area contributed by atoms with Gasteiger partial charge in [-0.3, -0.25) is 14.4 Å². The summed E-state index contributed by atoms with van der Waals surface area (Å²) in [5, 5.41) is 12.9. The molecule has 1 aromatic heterocycles. The fraction of sp³-hybridized carbons (Fsp3) is 0.600. The Morgan fingerprint density at radius 2 is 2.33 bits per heavy atom. The highest BCUT2D eigenvalue weighted by atomic mass is 16.4. The minimum Gasteiger partial charge on any atom is -0.481 e. The summed E-state index contributed by atoms with van der Waals surface area (Å²) >= 11 is 0. The highest BCUT2D eigenvalue weighted by Crippen LogP contribution is 2.19. The van der Waals surface area contributed by atoms with Gasteiger partial charge in [0.1, 0.15) is 0 Å². The molecular formula is C10H15N3O2. The van der Waals surface area contributed by atoms with Crippen molar-refractivity contribution in [2.24, 2.45) is 13.0 Å². The zero-order valence-corrected chi connectivity index (χ0v) is 8.97. The number of rotatable bonds is 3. The van der Waals surface area contributed by atoms with E-state index in [0.717, 1.165) is 12.1 Å². The second-order valence-corrected chi connectivity index (χ2v) is 4.13. The van der Waals surface area contributed by atoms with Gasteiger partial charge >= 0.3 is 5.97 Å². The first-order valence-corrected chi connectivity index (χ1v) is 5.00. The number of hydrogen-bond acceptors (Lipinski definition) is 3. The van der Waals surface area contributed by atoms with Crippen molar-refractivity contribution in [2.45, 2.75) is 13.5 Å². The predicted octanol–water partition coefficient (Wildman–Crippen LogP) is 0.245. The summed E-state index contributed by atoms with van der Waals surface area (Å²) in [6.07, 6.45) is 1.84. The summed E-state index contributed by atoms with van der Waals surface area (Å²) in [6, 6.07) is 0. The van der Waals surface area contributed by atoms with Crippen molar-refractivity contribution < 1.29 is 9.90 Å². The molecule has 1 aliphatic heterocycles. The molecule has 0 amide bonds. The second-order valence-electron chi connectivity index (χ2n) is 4.13. The standard InChI is InChI=1S/C10H15N3O2/c1-7-3-11-12(2)9(7)6-13-4-8(5-13)10(14)15/h3,8H,4-6H2,1-2H3,(H,14,15). The van der Waals surface area contributed by atoms with Crippen molar-refractivity contribution in [1.82, 2.24) is 14.7 Å². The molecule has 1 aromatic rings. The van der Waals surface area contributed by atoms with Gasteiger partial charge in [0.15, 0.2) is 0 Å². The molecule has 2 rings (SSSR count). The maximum Gasteiger partial charge on any atom is 0.309 e. The first-order chi connectivity index (χ1) is 7.08. The fourth-order valence-corrected chi connectivity index (χ4v) is 1.87. The van der Waals surface area contributed by atoms with Gasteiger partial charge in [-0.05, 0) is 12.5 Å². The van der Waals surface area contributed by atoms with Crippen LogP contribution in [0.4, 0.5) is 0 Å². The van der Waals surface area contributed by atoms with E-state index in [1.54, 1.807) is 0 Å². The molecule has 0 aliphatic carbocycles. The lowest BCUT2D eigenvalue weighted by atomic mass is 10.0. The molecule has 1 N–H and O–H groups in total. The highest BCUT2D eigenvalue weighted by molar-refractivity contribution is 5.71. The van der Waals surface area contributed by atoms with Crippen LogP contribution in [-0.2, 0) is 18.4 Å². The van der Waals surface area contributed by atoms with E-state index in [-0.39, 0.29) is 5.92 Å². The summed E-state index contributed by atoms with van der Waals surface area (Å²) in [5.41, 5.74) is 2.33. The number of carbonyl (C=O) groups is 1. The van der Waals surface area contributed by atoms with Gasteiger partial charge in [0.2, 0.25) is 0 Å². The smallest absolute Gasteiger partial charge is 0.309 e. The van der Waals surface area contributed by atoms with Crippen LogP contribution in [0.5, 0.6) is 0 Å². The molecule has 0 aromatic carbocycles. The fourth-order valence-electron chi connectivity index (χ4n) is 1.87. The minimum absolute atomic E-state index is 0.182. The lowest BCUT2D eigenvalue weighted by Crippen LogP contribution is -2.49. The second kappa shape index (κ2) is 3.66. The highest BCUT2D eigenvalue weighted by Gasteiger charge is 2.32. The number of likely N-dealkylation sites (tertiary alicyclic amines) is 1. The van der Waals surface area contributed by atoms with Crippen LogP contribution >= 0.6 is 0 Å².